The highest BCUT2D eigenvalue weighted by Crippen LogP contribution is 2.11. The predicted octanol–water partition coefficient (Wildman–Crippen LogP) is 1.47. The Bertz CT molecular complexity index is 284. The van der Waals surface area contributed by atoms with Crippen molar-refractivity contribution in [1.29, 1.82) is 0 Å². The summed E-state index contributed by atoms with van der Waals surface area (Å²) in [6, 6.07) is -0.0772. The Balaban J connectivity index is 2.42. The van der Waals surface area contributed by atoms with Crippen molar-refractivity contribution in [3.05, 3.63) is 11.6 Å². The van der Waals surface area contributed by atoms with E-state index in [2.05, 4.69) is 15.6 Å². The highest BCUT2D eigenvalue weighted by Gasteiger charge is 2.13. The van der Waals surface area contributed by atoms with Crippen LogP contribution in [-0.4, -0.2) is 23.0 Å². The Morgan fingerprint density at radius 2 is 2.21 bits per heavy atom. The van der Waals surface area contributed by atoms with Crippen molar-refractivity contribution >= 4 is 22.4 Å². The Morgan fingerprint density at radius 1 is 1.50 bits per heavy atom. The third kappa shape index (κ3) is 3.33. The van der Waals surface area contributed by atoms with Gasteiger partial charge in [-0.05, 0) is 20.8 Å². The molecular formula is C9H15N3OS. The van der Waals surface area contributed by atoms with Gasteiger partial charge in [0, 0.05) is 17.6 Å². The van der Waals surface area contributed by atoms with Crippen molar-refractivity contribution in [1.82, 2.24) is 10.3 Å². The molecule has 4 nitrogen and oxygen atoms in total. The van der Waals surface area contributed by atoms with Crippen LogP contribution in [0.25, 0.3) is 0 Å². The molecule has 1 amide bonds. The zero-order chi connectivity index (χ0) is 10.6. The molecule has 14 heavy (non-hydrogen) atoms. The summed E-state index contributed by atoms with van der Waals surface area (Å²) >= 11 is 1.49. The van der Waals surface area contributed by atoms with Crippen LogP contribution in [0.3, 0.4) is 0 Å². The molecule has 1 atom stereocenters. The quantitative estimate of drug-likeness (QED) is 0.796. The summed E-state index contributed by atoms with van der Waals surface area (Å²) in [5.74, 6) is -0.00444. The average Bonchev–Trinajstić information content (AvgIpc) is 2.55. The average molecular weight is 213 g/mol. The fourth-order valence-corrected chi connectivity index (χ4v) is 1.57. The predicted molar refractivity (Wildman–Crippen MR) is 58.5 cm³/mol. The second-order valence-electron chi connectivity index (χ2n) is 3.37. The van der Waals surface area contributed by atoms with Crippen LogP contribution in [0, 0.1) is 0 Å². The fourth-order valence-electron chi connectivity index (χ4n) is 0.955. The molecule has 0 aromatic carbocycles. The summed E-state index contributed by atoms with van der Waals surface area (Å²) in [5, 5.41) is 8.50. The van der Waals surface area contributed by atoms with Crippen LogP contribution >= 0.6 is 11.3 Å². The lowest BCUT2D eigenvalue weighted by molar-refractivity contribution is -0.122. The van der Waals surface area contributed by atoms with Gasteiger partial charge in [0.25, 0.3) is 0 Å². The molecule has 0 aliphatic carbocycles. The van der Waals surface area contributed by atoms with Gasteiger partial charge in [0.15, 0.2) is 5.13 Å². The van der Waals surface area contributed by atoms with Crippen LogP contribution in [0.4, 0.5) is 5.13 Å². The largest absolute Gasteiger partial charge is 0.352 e. The van der Waals surface area contributed by atoms with Gasteiger partial charge in [-0.25, -0.2) is 4.98 Å². The molecule has 0 saturated heterocycles. The van der Waals surface area contributed by atoms with E-state index in [1.54, 1.807) is 6.20 Å². The Labute approximate surface area is 87.7 Å². The number of amides is 1. The van der Waals surface area contributed by atoms with Gasteiger partial charge < -0.3 is 10.6 Å². The molecule has 78 valence electrons. The molecule has 0 spiro atoms. The van der Waals surface area contributed by atoms with Crippen LogP contribution in [0.1, 0.15) is 20.8 Å². The minimum absolute atomic E-state index is 0.00444. The molecule has 1 rings (SSSR count). The third-order valence-corrected chi connectivity index (χ3v) is 2.30. The van der Waals surface area contributed by atoms with E-state index in [9.17, 15) is 4.79 Å². The smallest absolute Gasteiger partial charge is 0.242 e. The van der Waals surface area contributed by atoms with E-state index in [4.69, 9.17) is 0 Å². The van der Waals surface area contributed by atoms with Gasteiger partial charge in [-0.2, -0.15) is 0 Å². The standard InChI is InChI=1S/C9H15N3OS/c1-6(2)11-8(13)7(3)12-9-10-4-5-14-9/h4-7H,1-3H3,(H,10,12)(H,11,13). The summed E-state index contributed by atoms with van der Waals surface area (Å²) in [6.07, 6.45) is 1.71. The van der Waals surface area contributed by atoms with Crippen molar-refractivity contribution in [2.45, 2.75) is 32.9 Å². The lowest BCUT2D eigenvalue weighted by Gasteiger charge is -2.15. The van der Waals surface area contributed by atoms with Crippen LogP contribution < -0.4 is 10.6 Å². The number of thiazole rings is 1. The van der Waals surface area contributed by atoms with E-state index in [0.717, 1.165) is 5.13 Å². The van der Waals surface area contributed by atoms with Crippen molar-refractivity contribution in [3.63, 3.8) is 0 Å². The first kappa shape index (κ1) is 11.0. The van der Waals surface area contributed by atoms with Gasteiger partial charge >= 0.3 is 0 Å². The Morgan fingerprint density at radius 3 is 2.71 bits per heavy atom. The van der Waals surface area contributed by atoms with Gasteiger partial charge in [0.1, 0.15) is 6.04 Å². The van der Waals surface area contributed by atoms with Crippen molar-refractivity contribution in [2.75, 3.05) is 5.32 Å². The Hall–Kier alpha value is -1.10. The van der Waals surface area contributed by atoms with Crippen LogP contribution in [0.2, 0.25) is 0 Å². The van der Waals surface area contributed by atoms with Crippen LogP contribution in [0.15, 0.2) is 11.6 Å². The number of hydrogen-bond acceptors (Lipinski definition) is 4. The van der Waals surface area contributed by atoms with E-state index in [1.807, 2.05) is 26.2 Å². The van der Waals surface area contributed by atoms with Crippen molar-refractivity contribution in [2.24, 2.45) is 0 Å². The lowest BCUT2D eigenvalue weighted by atomic mass is 10.3. The maximum atomic E-state index is 11.5. The van der Waals surface area contributed by atoms with Gasteiger partial charge in [-0.15, -0.1) is 11.3 Å². The first-order valence-electron chi connectivity index (χ1n) is 4.56. The monoisotopic (exact) mass is 213 g/mol. The highest BCUT2D eigenvalue weighted by molar-refractivity contribution is 7.13. The molecule has 2 N–H and O–H groups in total. The zero-order valence-corrected chi connectivity index (χ0v) is 9.39. The van der Waals surface area contributed by atoms with E-state index in [0.29, 0.717) is 0 Å². The SMILES string of the molecule is CC(C)NC(=O)C(C)Nc1nccs1. The van der Waals surface area contributed by atoms with Gasteiger partial charge in [0.2, 0.25) is 5.91 Å². The molecule has 1 aromatic rings. The van der Waals surface area contributed by atoms with E-state index in [1.165, 1.54) is 11.3 Å². The van der Waals surface area contributed by atoms with Gasteiger partial charge in [0.05, 0.1) is 0 Å². The fraction of sp³-hybridized carbons (Fsp3) is 0.556. The molecule has 0 aliphatic rings. The number of carbonyl (C=O) groups is 1. The van der Waals surface area contributed by atoms with E-state index < -0.39 is 0 Å². The lowest BCUT2D eigenvalue weighted by Crippen LogP contribution is -2.40. The number of nitrogens with one attached hydrogen (secondary N) is 2. The molecule has 1 unspecified atom stereocenters. The van der Waals surface area contributed by atoms with Gasteiger partial charge in [-0.1, -0.05) is 0 Å². The van der Waals surface area contributed by atoms with Gasteiger partial charge in [-0.3, -0.25) is 4.79 Å². The molecule has 0 bridgehead atoms. The molecule has 5 heteroatoms. The van der Waals surface area contributed by atoms with Crippen molar-refractivity contribution in [3.8, 4) is 0 Å². The van der Waals surface area contributed by atoms with Crippen LogP contribution in [0.5, 0.6) is 0 Å². The summed E-state index contributed by atoms with van der Waals surface area (Å²) in [5.41, 5.74) is 0. The molecule has 0 fully saturated rings. The topological polar surface area (TPSA) is 54.0 Å². The second kappa shape index (κ2) is 4.95. The van der Waals surface area contributed by atoms with E-state index in [-0.39, 0.29) is 18.0 Å². The number of aromatic nitrogens is 1. The number of nitrogens with zero attached hydrogens (tertiary/aromatic N) is 1. The Kier molecular flexibility index (Phi) is 3.88. The molecular weight excluding hydrogens is 198 g/mol. The molecule has 0 saturated carbocycles. The minimum atomic E-state index is -0.247. The first-order chi connectivity index (χ1) is 6.59. The molecule has 1 aromatic heterocycles. The number of hydrogen-bond donors (Lipinski definition) is 2. The first-order valence-corrected chi connectivity index (χ1v) is 5.44. The highest BCUT2D eigenvalue weighted by atomic mass is 32.1. The van der Waals surface area contributed by atoms with Crippen molar-refractivity contribution < 1.29 is 4.79 Å². The summed E-state index contributed by atoms with van der Waals surface area (Å²) in [4.78, 5) is 15.5. The number of carbonyl (C=O) groups excluding carboxylic acids is 1. The molecule has 1 heterocycles. The summed E-state index contributed by atoms with van der Waals surface area (Å²) in [7, 11) is 0. The second-order valence-corrected chi connectivity index (χ2v) is 4.26. The number of rotatable bonds is 4. The maximum absolute atomic E-state index is 11.5. The van der Waals surface area contributed by atoms with Crippen LogP contribution in [-0.2, 0) is 4.79 Å². The summed E-state index contributed by atoms with van der Waals surface area (Å²) < 4.78 is 0. The maximum Gasteiger partial charge on any atom is 0.242 e. The zero-order valence-electron chi connectivity index (χ0n) is 8.57. The minimum Gasteiger partial charge on any atom is -0.352 e. The molecule has 0 radical (unpaired) electrons. The normalized spacial score (nSPS) is 12.6. The van der Waals surface area contributed by atoms with E-state index >= 15 is 0 Å². The number of anilines is 1. The molecule has 0 aliphatic heterocycles. The summed E-state index contributed by atoms with van der Waals surface area (Å²) in [6.45, 7) is 5.70. The third-order valence-electron chi connectivity index (χ3n) is 1.60.